The van der Waals surface area contributed by atoms with Crippen LogP contribution < -0.4 is 5.32 Å². The Morgan fingerprint density at radius 1 is 1.26 bits per heavy atom. The number of nitriles is 1. The topological polar surface area (TPSA) is 122 Å². The van der Waals surface area contributed by atoms with Crippen molar-refractivity contribution in [1.29, 1.82) is 5.26 Å². The second-order valence-corrected chi connectivity index (χ2v) is 9.10. The number of aromatic amines is 1. The third-order valence-electron chi connectivity index (χ3n) is 5.26. The number of rotatable bonds is 5. The normalized spacial score (nSPS) is 15.7. The molecule has 0 radical (unpaired) electrons. The van der Waals surface area contributed by atoms with Gasteiger partial charge in [0.1, 0.15) is 5.37 Å². The summed E-state index contributed by atoms with van der Waals surface area (Å²) in [7, 11) is -3.69. The fourth-order valence-corrected chi connectivity index (χ4v) is 5.35. The van der Waals surface area contributed by atoms with Gasteiger partial charge in [-0.05, 0) is 24.3 Å². The van der Waals surface area contributed by atoms with Crippen molar-refractivity contribution in [3.8, 4) is 23.2 Å². The van der Waals surface area contributed by atoms with Gasteiger partial charge in [0.2, 0.25) is 0 Å². The molecule has 1 atom stereocenters. The second-order valence-electron chi connectivity index (χ2n) is 7.06. The standard InChI is InChI=1S/C21H21N5O3S.ClH/c1-2-19(26-9-7-23-8-10-26)30(28,29)15-4-6-17(24-13-15)20-16-5-3-14(12-22)11-18(16)25-21(20)27;/h2-6,11,13,19,23,25,27H,1,7-10H2;1H. The molecule has 162 valence electrons. The van der Waals surface area contributed by atoms with Gasteiger partial charge in [0.15, 0.2) is 15.7 Å². The summed E-state index contributed by atoms with van der Waals surface area (Å²) < 4.78 is 26.3. The highest BCUT2D eigenvalue weighted by molar-refractivity contribution is 7.92. The van der Waals surface area contributed by atoms with Crippen LogP contribution in [0, 0.1) is 11.3 Å². The number of nitrogens with one attached hydrogen (secondary N) is 2. The summed E-state index contributed by atoms with van der Waals surface area (Å²) in [6, 6.07) is 10.1. The summed E-state index contributed by atoms with van der Waals surface area (Å²) >= 11 is 0. The number of pyridine rings is 1. The van der Waals surface area contributed by atoms with E-state index in [0.717, 1.165) is 13.1 Å². The molecule has 1 unspecified atom stereocenters. The molecular formula is C21H22ClN5O3S. The number of sulfone groups is 1. The van der Waals surface area contributed by atoms with Gasteiger partial charge >= 0.3 is 0 Å². The first-order valence-corrected chi connectivity index (χ1v) is 11.0. The van der Waals surface area contributed by atoms with E-state index in [9.17, 15) is 13.5 Å². The maximum Gasteiger partial charge on any atom is 0.199 e. The van der Waals surface area contributed by atoms with Gasteiger partial charge < -0.3 is 15.4 Å². The van der Waals surface area contributed by atoms with Crippen LogP contribution in [0.3, 0.4) is 0 Å². The predicted molar refractivity (Wildman–Crippen MR) is 121 cm³/mol. The van der Waals surface area contributed by atoms with E-state index in [4.69, 9.17) is 5.26 Å². The molecule has 0 spiro atoms. The molecule has 8 nitrogen and oxygen atoms in total. The highest BCUT2D eigenvalue weighted by atomic mass is 35.5. The lowest BCUT2D eigenvalue weighted by Crippen LogP contribution is -2.50. The number of hydrogen-bond acceptors (Lipinski definition) is 7. The number of piperazine rings is 1. The summed E-state index contributed by atoms with van der Waals surface area (Å²) in [5, 5.41) is 22.5. The second kappa shape index (κ2) is 9.08. The molecule has 0 bridgehead atoms. The van der Waals surface area contributed by atoms with Gasteiger partial charge in [0.25, 0.3) is 0 Å². The molecular weight excluding hydrogens is 438 g/mol. The molecule has 31 heavy (non-hydrogen) atoms. The van der Waals surface area contributed by atoms with Crippen LogP contribution in [0.15, 0.2) is 54.1 Å². The summed E-state index contributed by atoms with van der Waals surface area (Å²) in [6.45, 7) is 6.42. The van der Waals surface area contributed by atoms with E-state index in [1.54, 1.807) is 24.3 Å². The van der Waals surface area contributed by atoms with Gasteiger partial charge in [-0.1, -0.05) is 12.1 Å². The Bertz CT molecular complexity index is 1240. The molecule has 1 aliphatic heterocycles. The molecule has 4 rings (SSSR count). The zero-order valence-electron chi connectivity index (χ0n) is 16.6. The molecule has 1 saturated heterocycles. The van der Waals surface area contributed by atoms with E-state index in [-0.39, 0.29) is 23.2 Å². The molecule has 3 aromatic rings. The van der Waals surface area contributed by atoms with Crippen LogP contribution in [0.4, 0.5) is 0 Å². The largest absolute Gasteiger partial charge is 0.494 e. The van der Waals surface area contributed by atoms with Crippen molar-refractivity contribution in [2.45, 2.75) is 10.3 Å². The number of hydrogen-bond donors (Lipinski definition) is 3. The molecule has 1 fully saturated rings. The Kier molecular flexibility index (Phi) is 6.67. The molecule has 1 aliphatic rings. The smallest absolute Gasteiger partial charge is 0.199 e. The fraction of sp³-hybridized carbons (Fsp3) is 0.238. The summed E-state index contributed by atoms with van der Waals surface area (Å²) in [5.41, 5.74) is 1.96. The van der Waals surface area contributed by atoms with Crippen molar-refractivity contribution in [1.82, 2.24) is 20.2 Å². The van der Waals surface area contributed by atoms with Crippen LogP contribution in [0.5, 0.6) is 5.88 Å². The third-order valence-corrected chi connectivity index (χ3v) is 7.28. The van der Waals surface area contributed by atoms with Gasteiger partial charge in [-0.2, -0.15) is 5.26 Å². The number of aromatic hydroxyl groups is 1. The summed E-state index contributed by atoms with van der Waals surface area (Å²) in [5.74, 6) is -0.0898. The number of nitrogens with zero attached hydrogens (tertiary/aromatic N) is 3. The average Bonchev–Trinajstić information content (AvgIpc) is 3.09. The van der Waals surface area contributed by atoms with Crippen LogP contribution in [-0.4, -0.2) is 59.9 Å². The van der Waals surface area contributed by atoms with E-state index in [0.29, 0.717) is 40.8 Å². The molecule has 0 amide bonds. The van der Waals surface area contributed by atoms with Crippen molar-refractivity contribution in [2.24, 2.45) is 0 Å². The first-order valence-electron chi connectivity index (χ1n) is 9.48. The van der Waals surface area contributed by atoms with Crippen LogP contribution >= 0.6 is 12.4 Å². The van der Waals surface area contributed by atoms with Crippen LogP contribution in [0.25, 0.3) is 22.2 Å². The highest BCUT2D eigenvalue weighted by Gasteiger charge is 2.31. The Labute approximate surface area is 186 Å². The zero-order chi connectivity index (χ0) is 21.3. The van der Waals surface area contributed by atoms with E-state index in [2.05, 4.69) is 27.9 Å². The maximum absolute atomic E-state index is 13.2. The SMILES string of the molecule is C=CC(N1CCNCC1)S(=O)(=O)c1ccc(-c2c(O)[nH]c3cc(C#N)ccc23)nc1.Cl. The Balaban J connectivity index is 0.00000272. The molecule has 3 N–H and O–H groups in total. The number of H-pyrrole nitrogens is 1. The van der Waals surface area contributed by atoms with E-state index in [1.165, 1.54) is 18.3 Å². The molecule has 3 heterocycles. The lowest BCUT2D eigenvalue weighted by molar-refractivity contribution is 0.241. The van der Waals surface area contributed by atoms with E-state index < -0.39 is 15.2 Å². The van der Waals surface area contributed by atoms with Gasteiger partial charge in [0.05, 0.1) is 33.3 Å². The van der Waals surface area contributed by atoms with Crippen LogP contribution in [-0.2, 0) is 9.84 Å². The summed E-state index contributed by atoms with van der Waals surface area (Å²) in [6.07, 6.45) is 2.76. The minimum atomic E-state index is -3.69. The minimum Gasteiger partial charge on any atom is -0.494 e. The minimum absolute atomic E-state index is 0. The lowest BCUT2D eigenvalue weighted by atomic mass is 10.1. The summed E-state index contributed by atoms with van der Waals surface area (Å²) in [4.78, 5) is 9.13. The van der Waals surface area contributed by atoms with Gasteiger partial charge in [-0.25, -0.2) is 8.42 Å². The third kappa shape index (κ3) is 4.16. The van der Waals surface area contributed by atoms with Crippen molar-refractivity contribution in [3.63, 3.8) is 0 Å². The quantitative estimate of drug-likeness (QED) is 0.501. The van der Waals surface area contributed by atoms with Crippen molar-refractivity contribution in [3.05, 3.63) is 54.7 Å². The number of halogens is 1. The predicted octanol–water partition coefficient (Wildman–Crippen LogP) is 2.42. The van der Waals surface area contributed by atoms with Crippen LogP contribution in [0.1, 0.15) is 5.56 Å². The molecule has 0 saturated carbocycles. The lowest BCUT2D eigenvalue weighted by Gasteiger charge is -2.32. The van der Waals surface area contributed by atoms with Crippen LogP contribution in [0.2, 0.25) is 0 Å². The average molecular weight is 460 g/mol. The Morgan fingerprint density at radius 3 is 2.61 bits per heavy atom. The maximum atomic E-state index is 13.2. The fourth-order valence-electron chi connectivity index (χ4n) is 3.76. The number of aromatic nitrogens is 2. The first-order chi connectivity index (χ1) is 14.5. The van der Waals surface area contributed by atoms with Crippen molar-refractivity contribution < 1.29 is 13.5 Å². The molecule has 10 heteroatoms. The monoisotopic (exact) mass is 459 g/mol. The molecule has 1 aromatic carbocycles. The number of benzene rings is 1. The molecule has 0 aliphatic carbocycles. The van der Waals surface area contributed by atoms with Crippen molar-refractivity contribution in [2.75, 3.05) is 26.2 Å². The van der Waals surface area contributed by atoms with E-state index in [1.807, 2.05) is 4.90 Å². The van der Waals surface area contributed by atoms with Gasteiger partial charge in [0, 0.05) is 37.8 Å². The Morgan fingerprint density at radius 2 is 2.00 bits per heavy atom. The van der Waals surface area contributed by atoms with Crippen molar-refractivity contribution >= 4 is 33.1 Å². The zero-order valence-corrected chi connectivity index (χ0v) is 18.2. The highest BCUT2D eigenvalue weighted by Crippen LogP contribution is 2.36. The first kappa shape index (κ1) is 22.8. The van der Waals surface area contributed by atoms with E-state index >= 15 is 0 Å². The van der Waals surface area contributed by atoms with Gasteiger partial charge in [-0.15, -0.1) is 19.0 Å². The number of fused-ring (bicyclic) bond motifs is 1. The van der Waals surface area contributed by atoms with Gasteiger partial charge in [-0.3, -0.25) is 9.88 Å². The Hall–Kier alpha value is -2.90. The molecule has 2 aromatic heterocycles.